The number of nitro groups is 1. The topological polar surface area (TPSA) is 380 Å². The van der Waals surface area contributed by atoms with Gasteiger partial charge in [-0.05, 0) is 68.6 Å². The summed E-state index contributed by atoms with van der Waals surface area (Å²) in [6.45, 7) is 4.96. The van der Waals surface area contributed by atoms with Crippen LogP contribution in [0.25, 0.3) is 0 Å². The number of amides is 6. The van der Waals surface area contributed by atoms with Crippen LogP contribution in [0.4, 0.5) is 5.69 Å². The minimum absolute atomic E-state index is 0.00297. The standard InChI is InChI=1S/C34H55N11O11S/c1-17(2)14-20(35)28(48)41-22(8-10-27(36)47)30(50)44-24(15-19-7-9-26(46)25(16-19)45(55)56)32(52)43-23(11-13-57-4)31(51)42-21(6-5-12-39-34(37)38)29(49)40-18(3)33(53)54/h7,9,16-18,20-24,46H,5-6,8,10-15,35H2,1-4H3,(H2,36,47)(H,40,49)(H,41,48)(H,42,51)(H,43,52)(H,44,50)(H,53,54)(H4,37,38,39)/t18-,20-,21-,22-,23-,24-/m0/s1. The Morgan fingerprint density at radius 3 is 1.88 bits per heavy atom. The van der Waals surface area contributed by atoms with Crippen molar-refractivity contribution >= 4 is 64.8 Å². The molecular weight excluding hydrogens is 771 g/mol. The SMILES string of the molecule is CSCC[C@H](NC(=O)[C@H](Cc1ccc(O)c([N+](=O)[O-])c1)NC(=O)[C@H](CCC(N)=O)NC(=O)[C@@H](N)CC(C)C)C(=O)N[C@@H](CCCN=C(N)N)C(=O)N[C@@H](C)C(=O)O. The zero-order valence-electron chi connectivity index (χ0n) is 32.3. The molecule has 0 saturated carbocycles. The molecule has 0 radical (unpaired) electrons. The molecule has 0 aromatic heterocycles. The van der Waals surface area contributed by atoms with Crippen molar-refractivity contribution in [3.05, 3.63) is 33.9 Å². The summed E-state index contributed by atoms with van der Waals surface area (Å²) < 4.78 is 0. The van der Waals surface area contributed by atoms with Crippen molar-refractivity contribution in [3.63, 3.8) is 0 Å². The van der Waals surface area contributed by atoms with E-state index in [1.54, 1.807) is 6.26 Å². The first-order valence-electron chi connectivity index (χ1n) is 18.0. The number of guanidine groups is 1. The summed E-state index contributed by atoms with van der Waals surface area (Å²) in [5, 5.41) is 43.2. The maximum absolute atomic E-state index is 14.0. The van der Waals surface area contributed by atoms with Crippen LogP contribution >= 0.6 is 11.8 Å². The fourth-order valence-electron chi connectivity index (χ4n) is 5.21. The predicted molar refractivity (Wildman–Crippen MR) is 210 cm³/mol. The molecule has 6 atom stereocenters. The number of phenolic OH excluding ortho intramolecular Hbond substituents is 1. The Labute approximate surface area is 333 Å². The van der Waals surface area contributed by atoms with Gasteiger partial charge in [-0.3, -0.25) is 48.7 Å². The highest BCUT2D eigenvalue weighted by atomic mass is 32.2. The number of carboxylic acids is 1. The van der Waals surface area contributed by atoms with Gasteiger partial charge in [-0.25, -0.2) is 0 Å². The van der Waals surface area contributed by atoms with Crippen LogP contribution in [0.2, 0.25) is 0 Å². The number of carbonyl (C=O) groups is 7. The molecular formula is C34H55N11O11S. The number of hydrogen-bond donors (Lipinski definition) is 11. The Bertz CT molecular complexity index is 1630. The second-order valence-corrected chi connectivity index (χ2v) is 14.6. The number of nitrogens with two attached hydrogens (primary N) is 4. The van der Waals surface area contributed by atoms with Gasteiger partial charge >= 0.3 is 11.7 Å². The number of nitrogens with zero attached hydrogens (tertiary/aromatic N) is 2. The van der Waals surface area contributed by atoms with Crippen LogP contribution in [0, 0.1) is 16.0 Å². The summed E-state index contributed by atoms with van der Waals surface area (Å²) in [5.74, 6) is -6.99. The number of aliphatic imine (C=N–C) groups is 1. The maximum atomic E-state index is 14.0. The van der Waals surface area contributed by atoms with Crippen LogP contribution in [0.15, 0.2) is 23.2 Å². The van der Waals surface area contributed by atoms with E-state index in [0.29, 0.717) is 5.75 Å². The van der Waals surface area contributed by atoms with Crippen molar-refractivity contribution < 1.29 is 48.7 Å². The Morgan fingerprint density at radius 1 is 0.825 bits per heavy atom. The molecule has 318 valence electrons. The van der Waals surface area contributed by atoms with Gasteiger partial charge in [-0.2, -0.15) is 11.8 Å². The Kier molecular flexibility index (Phi) is 21.4. The summed E-state index contributed by atoms with van der Waals surface area (Å²) in [6, 6.07) is -4.71. The van der Waals surface area contributed by atoms with E-state index in [1.165, 1.54) is 24.8 Å². The van der Waals surface area contributed by atoms with E-state index in [-0.39, 0.29) is 62.5 Å². The first-order chi connectivity index (χ1) is 26.7. The van der Waals surface area contributed by atoms with Crippen molar-refractivity contribution in [2.45, 2.75) is 102 Å². The van der Waals surface area contributed by atoms with E-state index >= 15 is 0 Å². The van der Waals surface area contributed by atoms with Gasteiger partial charge in [0, 0.05) is 25.5 Å². The van der Waals surface area contributed by atoms with Crippen LogP contribution in [0.1, 0.15) is 64.9 Å². The summed E-state index contributed by atoms with van der Waals surface area (Å²) in [4.78, 5) is 105. The zero-order chi connectivity index (χ0) is 43.4. The van der Waals surface area contributed by atoms with Crippen molar-refractivity contribution in [1.82, 2.24) is 26.6 Å². The number of phenols is 1. The lowest BCUT2D eigenvalue weighted by atomic mass is 10.0. The highest BCUT2D eigenvalue weighted by Gasteiger charge is 2.33. The molecule has 0 unspecified atom stereocenters. The van der Waals surface area contributed by atoms with Gasteiger partial charge in [0.25, 0.3) is 0 Å². The summed E-state index contributed by atoms with van der Waals surface area (Å²) in [7, 11) is 0. The molecule has 0 fully saturated rings. The molecule has 1 aromatic rings. The molecule has 57 heavy (non-hydrogen) atoms. The first kappa shape index (κ1) is 49.3. The molecule has 0 aliphatic rings. The normalized spacial score (nSPS) is 14.1. The van der Waals surface area contributed by atoms with Crippen molar-refractivity contribution in [1.29, 1.82) is 0 Å². The second kappa shape index (κ2) is 24.7. The average molecular weight is 826 g/mol. The van der Waals surface area contributed by atoms with Crippen LogP contribution < -0.4 is 49.5 Å². The molecule has 23 heteroatoms. The Morgan fingerprint density at radius 2 is 1.35 bits per heavy atom. The average Bonchev–Trinajstić information content (AvgIpc) is 3.12. The van der Waals surface area contributed by atoms with Crippen molar-refractivity contribution in [3.8, 4) is 5.75 Å². The van der Waals surface area contributed by atoms with E-state index in [4.69, 9.17) is 22.9 Å². The number of carboxylic acid groups (broad SMARTS) is 1. The van der Waals surface area contributed by atoms with Gasteiger partial charge < -0.3 is 59.7 Å². The molecule has 0 aliphatic carbocycles. The maximum Gasteiger partial charge on any atom is 0.325 e. The zero-order valence-corrected chi connectivity index (χ0v) is 33.1. The second-order valence-electron chi connectivity index (χ2n) is 13.6. The van der Waals surface area contributed by atoms with Gasteiger partial charge in [0.15, 0.2) is 11.7 Å². The Hall–Kier alpha value is -5.71. The van der Waals surface area contributed by atoms with Crippen molar-refractivity contribution in [2.75, 3.05) is 18.6 Å². The third-order valence-electron chi connectivity index (χ3n) is 8.23. The highest BCUT2D eigenvalue weighted by molar-refractivity contribution is 7.98. The van der Waals surface area contributed by atoms with E-state index in [1.807, 2.05) is 13.8 Å². The summed E-state index contributed by atoms with van der Waals surface area (Å²) in [5.41, 5.74) is 21.5. The van der Waals surface area contributed by atoms with Crippen LogP contribution in [0.5, 0.6) is 5.75 Å². The minimum Gasteiger partial charge on any atom is -0.502 e. The molecule has 0 bridgehead atoms. The number of rotatable bonds is 26. The number of nitrogens with one attached hydrogen (secondary N) is 5. The number of aromatic hydroxyl groups is 1. The lowest BCUT2D eigenvalue weighted by Crippen LogP contribution is -2.59. The van der Waals surface area contributed by atoms with E-state index in [0.717, 1.165) is 12.1 Å². The number of carbonyl (C=O) groups excluding carboxylic acids is 6. The van der Waals surface area contributed by atoms with Gasteiger partial charge in [0.2, 0.25) is 35.4 Å². The number of nitro benzene ring substituents is 1. The van der Waals surface area contributed by atoms with Gasteiger partial charge in [-0.15, -0.1) is 0 Å². The summed E-state index contributed by atoms with van der Waals surface area (Å²) >= 11 is 1.32. The summed E-state index contributed by atoms with van der Waals surface area (Å²) in [6.07, 6.45) is 1.08. The third kappa shape index (κ3) is 18.7. The number of primary amides is 1. The molecule has 0 spiro atoms. The van der Waals surface area contributed by atoms with Gasteiger partial charge in [0.05, 0.1) is 11.0 Å². The predicted octanol–water partition coefficient (Wildman–Crippen LogP) is -2.18. The van der Waals surface area contributed by atoms with Crippen LogP contribution in [-0.2, 0) is 40.0 Å². The van der Waals surface area contributed by atoms with E-state index in [2.05, 4.69) is 31.6 Å². The third-order valence-corrected chi connectivity index (χ3v) is 8.88. The van der Waals surface area contributed by atoms with E-state index < -0.39 is 100 Å². The molecule has 15 N–H and O–H groups in total. The first-order valence-corrected chi connectivity index (χ1v) is 19.3. The van der Waals surface area contributed by atoms with Crippen LogP contribution in [0.3, 0.4) is 0 Å². The monoisotopic (exact) mass is 825 g/mol. The Balaban J connectivity index is 3.56. The molecule has 0 saturated heterocycles. The minimum atomic E-state index is -1.58. The number of aliphatic carboxylic acids is 1. The smallest absolute Gasteiger partial charge is 0.325 e. The molecule has 0 aliphatic heterocycles. The lowest BCUT2D eigenvalue weighted by Gasteiger charge is -2.27. The molecule has 22 nitrogen and oxygen atoms in total. The molecule has 6 amide bonds. The molecule has 0 heterocycles. The quantitative estimate of drug-likeness (QED) is 0.0155. The number of thioether (sulfide) groups is 1. The fourth-order valence-corrected chi connectivity index (χ4v) is 5.68. The lowest BCUT2D eigenvalue weighted by molar-refractivity contribution is -0.385. The number of benzene rings is 1. The molecule has 1 rings (SSSR count). The fraction of sp³-hybridized carbons (Fsp3) is 0.588. The van der Waals surface area contributed by atoms with E-state index in [9.17, 15) is 53.9 Å². The largest absolute Gasteiger partial charge is 0.502 e. The highest BCUT2D eigenvalue weighted by Crippen LogP contribution is 2.27. The van der Waals surface area contributed by atoms with Gasteiger partial charge in [-0.1, -0.05) is 19.9 Å². The van der Waals surface area contributed by atoms with Gasteiger partial charge in [0.1, 0.15) is 30.2 Å². The van der Waals surface area contributed by atoms with Crippen LogP contribution in [-0.4, -0.2) is 117 Å². The number of hydrogen-bond acceptors (Lipinski definition) is 13. The molecule has 1 aromatic carbocycles. The van der Waals surface area contributed by atoms with Crippen molar-refractivity contribution in [2.24, 2.45) is 33.8 Å².